The minimum absolute atomic E-state index is 0.693. The van der Waals surface area contributed by atoms with Crippen molar-refractivity contribution in [2.24, 2.45) is 0 Å². The molecular weight excluding hydrogens is 332 g/mol. The lowest BCUT2D eigenvalue weighted by molar-refractivity contribution is 0.649. The number of benzene rings is 2. The standard InChI is InChI=1S/C20H17ClN4/c21-16-4-2-5-17(13-16)24-9-11-25(12-10-24)20-19-6-1-3-15(14-22)18(19)7-8-23-20/h1-8,13H,9-12H2. The molecule has 5 heteroatoms. The van der Waals surface area contributed by atoms with E-state index in [4.69, 9.17) is 11.6 Å². The molecule has 1 aliphatic heterocycles. The Balaban J connectivity index is 1.59. The van der Waals surface area contributed by atoms with Crippen LogP contribution in [0.15, 0.2) is 54.7 Å². The van der Waals surface area contributed by atoms with Crippen LogP contribution in [0.25, 0.3) is 10.8 Å². The lowest BCUT2D eigenvalue weighted by atomic mass is 10.1. The third-order valence-corrected chi connectivity index (χ3v) is 4.89. The summed E-state index contributed by atoms with van der Waals surface area (Å²) in [6.07, 6.45) is 1.79. The molecule has 4 rings (SSSR count). The summed E-state index contributed by atoms with van der Waals surface area (Å²) in [5.41, 5.74) is 1.85. The van der Waals surface area contributed by atoms with E-state index in [1.807, 2.05) is 42.5 Å². The van der Waals surface area contributed by atoms with Crippen molar-refractivity contribution in [3.63, 3.8) is 0 Å². The van der Waals surface area contributed by atoms with Gasteiger partial charge in [0.15, 0.2) is 0 Å². The Bertz CT molecular complexity index is 955. The molecule has 0 saturated carbocycles. The second-order valence-electron chi connectivity index (χ2n) is 6.10. The maximum Gasteiger partial charge on any atom is 0.136 e. The monoisotopic (exact) mass is 348 g/mol. The molecular formula is C20H17ClN4. The molecule has 0 bridgehead atoms. The molecule has 25 heavy (non-hydrogen) atoms. The third-order valence-electron chi connectivity index (χ3n) is 4.66. The number of halogens is 1. The fourth-order valence-corrected chi connectivity index (χ4v) is 3.57. The van der Waals surface area contributed by atoms with Gasteiger partial charge in [-0.2, -0.15) is 5.26 Å². The number of nitrogens with zero attached hydrogens (tertiary/aromatic N) is 4. The Morgan fingerprint density at radius 2 is 1.68 bits per heavy atom. The van der Waals surface area contributed by atoms with E-state index < -0.39 is 0 Å². The Morgan fingerprint density at radius 3 is 2.44 bits per heavy atom. The van der Waals surface area contributed by atoms with E-state index >= 15 is 0 Å². The fraction of sp³-hybridized carbons (Fsp3) is 0.200. The van der Waals surface area contributed by atoms with Crippen molar-refractivity contribution in [3.8, 4) is 6.07 Å². The number of anilines is 2. The number of nitriles is 1. The van der Waals surface area contributed by atoms with E-state index in [2.05, 4.69) is 26.9 Å². The van der Waals surface area contributed by atoms with Crippen molar-refractivity contribution in [2.75, 3.05) is 36.0 Å². The minimum Gasteiger partial charge on any atom is -0.368 e. The summed E-state index contributed by atoms with van der Waals surface area (Å²) in [5.74, 6) is 0.959. The topological polar surface area (TPSA) is 43.2 Å². The van der Waals surface area contributed by atoms with Crippen molar-refractivity contribution in [2.45, 2.75) is 0 Å². The summed E-state index contributed by atoms with van der Waals surface area (Å²) in [6.45, 7) is 3.59. The molecule has 0 atom stereocenters. The van der Waals surface area contributed by atoms with E-state index in [-0.39, 0.29) is 0 Å². The van der Waals surface area contributed by atoms with Gasteiger partial charge in [0, 0.05) is 53.9 Å². The summed E-state index contributed by atoms with van der Waals surface area (Å²) in [6, 6.07) is 18.0. The second kappa shape index (κ2) is 6.62. The number of hydrogen-bond acceptors (Lipinski definition) is 4. The van der Waals surface area contributed by atoms with Crippen LogP contribution in [-0.4, -0.2) is 31.2 Å². The van der Waals surface area contributed by atoms with Gasteiger partial charge in [-0.25, -0.2) is 4.98 Å². The first-order valence-corrected chi connectivity index (χ1v) is 8.67. The van der Waals surface area contributed by atoms with E-state index in [0.717, 1.165) is 53.5 Å². The molecule has 1 aromatic heterocycles. The predicted octanol–water partition coefficient (Wildman–Crippen LogP) is 4.09. The maximum atomic E-state index is 9.32. The first-order valence-electron chi connectivity index (χ1n) is 8.29. The Kier molecular flexibility index (Phi) is 4.17. The zero-order valence-corrected chi connectivity index (χ0v) is 14.4. The number of fused-ring (bicyclic) bond motifs is 1. The van der Waals surface area contributed by atoms with Gasteiger partial charge in [0.1, 0.15) is 5.82 Å². The van der Waals surface area contributed by atoms with E-state index in [1.54, 1.807) is 6.20 Å². The van der Waals surface area contributed by atoms with Crippen molar-refractivity contribution >= 4 is 33.9 Å². The molecule has 0 spiro atoms. The molecule has 0 radical (unpaired) electrons. The van der Waals surface area contributed by atoms with Gasteiger partial charge in [-0.05, 0) is 30.3 Å². The van der Waals surface area contributed by atoms with Crippen LogP contribution in [0.1, 0.15) is 5.56 Å². The van der Waals surface area contributed by atoms with E-state index in [0.29, 0.717) is 5.56 Å². The lowest BCUT2D eigenvalue weighted by Gasteiger charge is -2.37. The van der Waals surface area contributed by atoms with Crippen molar-refractivity contribution in [1.29, 1.82) is 5.26 Å². The smallest absolute Gasteiger partial charge is 0.136 e. The molecule has 2 aromatic carbocycles. The first-order chi connectivity index (χ1) is 12.3. The molecule has 124 valence electrons. The van der Waals surface area contributed by atoms with Crippen molar-refractivity contribution in [3.05, 3.63) is 65.3 Å². The maximum absolute atomic E-state index is 9.32. The molecule has 0 unspecified atom stereocenters. The lowest BCUT2D eigenvalue weighted by Crippen LogP contribution is -2.46. The molecule has 0 aliphatic carbocycles. The molecule has 0 amide bonds. The van der Waals surface area contributed by atoms with Gasteiger partial charge >= 0.3 is 0 Å². The molecule has 3 aromatic rings. The summed E-state index contributed by atoms with van der Waals surface area (Å²) >= 11 is 6.11. The SMILES string of the molecule is N#Cc1cccc2c(N3CCN(c4cccc(Cl)c4)CC3)nccc12. The van der Waals surface area contributed by atoms with Crippen LogP contribution in [0.2, 0.25) is 5.02 Å². The Morgan fingerprint density at radius 1 is 0.920 bits per heavy atom. The minimum atomic E-state index is 0.693. The van der Waals surface area contributed by atoms with Gasteiger partial charge in [0.2, 0.25) is 0 Å². The molecule has 0 N–H and O–H groups in total. The van der Waals surface area contributed by atoms with Crippen LogP contribution in [0, 0.1) is 11.3 Å². The van der Waals surface area contributed by atoms with Gasteiger partial charge in [-0.1, -0.05) is 29.8 Å². The van der Waals surface area contributed by atoms with Crippen LogP contribution >= 0.6 is 11.6 Å². The molecule has 2 heterocycles. The van der Waals surface area contributed by atoms with Crippen LogP contribution in [0.5, 0.6) is 0 Å². The van der Waals surface area contributed by atoms with Crippen LogP contribution < -0.4 is 9.80 Å². The summed E-state index contributed by atoms with van der Waals surface area (Å²) in [7, 11) is 0. The quantitative estimate of drug-likeness (QED) is 0.699. The first kappa shape index (κ1) is 15.7. The van der Waals surface area contributed by atoms with Crippen LogP contribution in [0.4, 0.5) is 11.5 Å². The molecule has 1 aliphatic rings. The Labute approximate surface area is 151 Å². The summed E-state index contributed by atoms with van der Waals surface area (Å²) < 4.78 is 0. The highest BCUT2D eigenvalue weighted by Crippen LogP contribution is 2.28. The highest BCUT2D eigenvalue weighted by Gasteiger charge is 2.20. The normalized spacial score (nSPS) is 14.6. The highest BCUT2D eigenvalue weighted by atomic mass is 35.5. The number of hydrogen-bond donors (Lipinski definition) is 0. The fourth-order valence-electron chi connectivity index (χ4n) is 3.39. The number of aromatic nitrogens is 1. The third kappa shape index (κ3) is 2.99. The van der Waals surface area contributed by atoms with Crippen molar-refractivity contribution < 1.29 is 0 Å². The van der Waals surface area contributed by atoms with Crippen LogP contribution in [-0.2, 0) is 0 Å². The molecule has 4 nitrogen and oxygen atoms in total. The predicted molar refractivity (Wildman–Crippen MR) is 102 cm³/mol. The van der Waals surface area contributed by atoms with E-state index in [1.165, 1.54) is 0 Å². The van der Waals surface area contributed by atoms with Gasteiger partial charge in [0.25, 0.3) is 0 Å². The van der Waals surface area contributed by atoms with Crippen molar-refractivity contribution in [1.82, 2.24) is 4.98 Å². The van der Waals surface area contributed by atoms with Crippen LogP contribution in [0.3, 0.4) is 0 Å². The van der Waals surface area contributed by atoms with Gasteiger partial charge in [-0.3, -0.25) is 0 Å². The average molecular weight is 349 g/mol. The summed E-state index contributed by atoms with van der Waals surface area (Å²) in [5, 5.41) is 12.1. The number of piperazine rings is 1. The van der Waals surface area contributed by atoms with Gasteiger partial charge < -0.3 is 9.80 Å². The van der Waals surface area contributed by atoms with Gasteiger partial charge in [-0.15, -0.1) is 0 Å². The molecule has 1 saturated heterocycles. The highest BCUT2D eigenvalue weighted by molar-refractivity contribution is 6.30. The number of rotatable bonds is 2. The average Bonchev–Trinajstić information content (AvgIpc) is 2.67. The Hall–Kier alpha value is -2.77. The van der Waals surface area contributed by atoms with Gasteiger partial charge in [0.05, 0.1) is 11.6 Å². The summed E-state index contributed by atoms with van der Waals surface area (Å²) in [4.78, 5) is 9.23. The zero-order valence-electron chi connectivity index (χ0n) is 13.7. The largest absolute Gasteiger partial charge is 0.368 e. The molecule has 1 fully saturated rings. The zero-order chi connectivity index (χ0) is 17.2. The number of pyridine rings is 1. The second-order valence-corrected chi connectivity index (χ2v) is 6.54. The van der Waals surface area contributed by atoms with E-state index in [9.17, 15) is 5.26 Å².